The first kappa shape index (κ1) is 12.4. The Bertz CT molecular complexity index is 458. The molecule has 0 aliphatic rings. The molecule has 1 unspecified atom stereocenters. The van der Waals surface area contributed by atoms with Gasteiger partial charge >= 0.3 is 0 Å². The molecule has 2 heterocycles. The molecule has 0 amide bonds. The number of rotatable bonds is 2. The molecular weight excluding hydrogens is 427 g/mol. The van der Waals surface area contributed by atoms with Crippen LogP contribution in [0.2, 0.25) is 0 Å². The van der Waals surface area contributed by atoms with Gasteiger partial charge < -0.3 is 0 Å². The Morgan fingerprint density at radius 1 is 1.47 bits per heavy atom. The van der Waals surface area contributed by atoms with Crippen molar-refractivity contribution in [1.29, 1.82) is 0 Å². The highest BCUT2D eigenvalue weighted by atomic mass is 127. The topological polar surface area (TPSA) is 0 Å². The maximum Gasteiger partial charge on any atom is 0.0936 e. The lowest BCUT2D eigenvalue weighted by Crippen LogP contribution is -1.85. The fourth-order valence-electron chi connectivity index (χ4n) is 1.23. The molecule has 0 N–H and O–H groups in total. The lowest BCUT2D eigenvalue weighted by atomic mass is 10.2. The first-order valence-electron chi connectivity index (χ1n) is 4.21. The van der Waals surface area contributed by atoms with Crippen LogP contribution in [0.5, 0.6) is 0 Å². The molecule has 0 fully saturated rings. The lowest BCUT2D eigenvalue weighted by molar-refractivity contribution is 1.20. The molecule has 0 spiro atoms. The van der Waals surface area contributed by atoms with Crippen molar-refractivity contribution in [2.24, 2.45) is 0 Å². The van der Waals surface area contributed by atoms with Gasteiger partial charge in [-0.2, -0.15) is 0 Å². The van der Waals surface area contributed by atoms with Crippen LogP contribution in [-0.4, -0.2) is 0 Å². The minimum absolute atomic E-state index is 0.0141. The second kappa shape index (κ2) is 5.04. The van der Waals surface area contributed by atoms with Crippen LogP contribution in [0.3, 0.4) is 0 Å². The van der Waals surface area contributed by atoms with Gasteiger partial charge in [-0.1, -0.05) is 0 Å². The average Bonchev–Trinajstić information content (AvgIpc) is 2.74. The van der Waals surface area contributed by atoms with Crippen LogP contribution in [-0.2, 0) is 0 Å². The van der Waals surface area contributed by atoms with Gasteiger partial charge in [0.05, 0.1) is 8.26 Å². The summed E-state index contributed by atoms with van der Waals surface area (Å²) in [5.41, 5.74) is 1.19. The first-order chi connectivity index (χ1) is 7.08. The van der Waals surface area contributed by atoms with Crippen LogP contribution in [0.1, 0.15) is 20.7 Å². The molecule has 0 saturated carbocycles. The zero-order valence-corrected chi connectivity index (χ0v) is 13.9. The molecule has 2 aromatic rings. The number of hydrogen-bond donors (Lipinski definition) is 0. The summed E-state index contributed by atoms with van der Waals surface area (Å²) in [5.74, 6) is 0. The summed E-state index contributed by atoms with van der Waals surface area (Å²) in [5, 5.41) is 2.11. The Kier molecular flexibility index (Phi) is 4.15. The van der Waals surface area contributed by atoms with E-state index in [-0.39, 0.29) is 5.38 Å². The summed E-state index contributed by atoms with van der Waals surface area (Å²) < 4.78 is 2.43. The monoisotopic (exact) mass is 432 g/mol. The maximum absolute atomic E-state index is 6.42. The van der Waals surface area contributed by atoms with E-state index in [1.165, 1.54) is 18.2 Å². The van der Waals surface area contributed by atoms with E-state index >= 15 is 0 Å². The van der Waals surface area contributed by atoms with E-state index in [4.69, 9.17) is 11.6 Å². The third-order valence-electron chi connectivity index (χ3n) is 2.01. The van der Waals surface area contributed by atoms with Gasteiger partial charge in [0, 0.05) is 14.2 Å². The van der Waals surface area contributed by atoms with E-state index in [0.717, 1.165) is 4.47 Å². The molecule has 2 aromatic heterocycles. The number of hydrogen-bond acceptors (Lipinski definition) is 2. The van der Waals surface area contributed by atoms with Gasteiger partial charge in [-0.25, -0.2) is 0 Å². The number of alkyl halides is 1. The highest BCUT2D eigenvalue weighted by Crippen LogP contribution is 2.38. The van der Waals surface area contributed by atoms with Crippen LogP contribution in [0.4, 0.5) is 0 Å². The Morgan fingerprint density at radius 3 is 2.67 bits per heavy atom. The zero-order chi connectivity index (χ0) is 11.0. The Hall–Kier alpha value is 0.900. The van der Waals surface area contributed by atoms with E-state index in [9.17, 15) is 0 Å². The third-order valence-corrected chi connectivity index (χ3v) is 6.63. The zero-order valence-electron chi connectivity index (χ0n) is 7.76. The molecule has 0 nitrogen and oxygen atoms in total. The molecule has 0 aliphatic heterocycles. The highest BCUT2D eigenvalue weighted by Gasteiger charge is 2.15. The van der Waals surface area contributed by atoms with Gasteiger partial charge in [0.2, 0.25) is 0 Å². The van der Waals surface area contributed by atoms with Crippen molar-refractivity contribution in [3.05, 3.63) is 40.2 Å². The summed E-state index contributed by atoms with van der Waals surface area (Å²) in [4.78, 5) is 2.48. The molecule has 0 saturated heterocycles. The van der Waals surface area contributed by atoms with Gasteiger partial charge in [0.25, 0.3) is 0 Å². The van der Waals surface area contributed by atoms with Gasteiger partial charge in [0.1, 0.15) is 0 Å². The van der Waals surface area contributed by atoms with Gasteiger partial charge in [-0.15, -0.1) is 34.3 Å². The summed E-state index contributed by atoms with van der Waals surface area (Å²) in [7, 11) is 0. The molecule has 0 aromatic carbocycles. The van der Waals surface area contributed by atoms with Crippen LogP contribution < -0.4 is 0 Å². The summed E-state index contributed by atoms with van der Waals surface area (Å²) in [6, 6.07) is 4.26. The van der Waals surface area contributed by atoms with E-state index < -0.39 is 0 Å². The number of aryl methyl sites for hydroxylation is 1. The van der Waals surface area contributed by atoms with Crippen molar-refractivity contribution >= 4 is 72.8 Å². The normalized spacial score (nSPS) is 13.1. The van der Waals surface area contributed by atoms with E-state index in [1.807, 2.05) is 0 Å². The SMILES string of the molecule is Cc1sc(C(Cl)c2csc(I)c2)cc1Br. The van der Waals surface area contributed by atoms with Gasteiger partial charge in [0.15, 0.2) is 0 Å². The standard InChI is InChI=1S/C10H7BrClIS2/c1-5-7(11)3-8(15-5)10(12)6-2-9(13)14-4-6/h2-4,10H,1H3. The predicted octanol–water partition coefficient (Wildman–Crippen LogP) is 5.81. The van der Waals surface area contributed by atoms with Crippen LogP contribution in [0.25, 0.3) is 0 Å². The fraction of sp³-hybridized carbons (Fsp3) is 0.200. The van der Waals surface area contributed by atoms with Crippen LogP contribution in [0, 0.1) is 9.81 Å². The lowest BCUT2D eigenvalue weighted by Gasteiger charge is -2.03. The summed E-state index contributed by atoms with van der Waals surface area (Å²) >= 11 is 15.7. The molecule has 0 aliphatic carbocycles. The minimum Gasteiger partial charge on any atom is -0.143 e. The van der Waals surface area contributed by atoms with E-state index in [1.54, 1.807) is 22.7 Å². The molecule has 80 valence electrons. The van der Waals surface area contributed by atoms with Crippen molar-refractivity contribution in [3.8, 4) is 0 Å². The smallest absolute Gasteiger partial charge is 0.0936 e. The van der Waals surface area contributed by atoms with Crippen molar-refractivity contribution in [3.63, 3.8) is 0 Å². The Balaban J connectivity index is 2.31. The van der Waals surface area contributed by atoms with E-state index in [0.29, 0.717) is 0 Å². The van der Waals surface area contributed by atoms with Crippen molar-refractivity contribution in [2.75, 3.05) is 0 Å². The highest BCUT2D eigenvalue weighted by molar-refractivity contribution is 14.1. The van der Waals surface area contributed by atoms with Crippen molar-refractivity contribution in [2.45, 2.75) is 12.3 Å². The van der Waals surface area contributed by atoms with Crippen molar-refractivity contribution < 1.29 is 0 Å². The minimum atomic E-state index is -0.0141. The summed E-state index contributed by atoms with van der Waals surface area (Å²) in [6.07, 6.45) is 0. The molecule has 0 radical (unpaired) electrons. The second-order valence-electron chi connectivity index (χ2n) is 3.10. The Morgan fingerprint density at radius 2 is 2.20 bits per heavy atom. The molecule has 15 heavy (non-hydrogen) atoms. The second-order valence-corrected chi connectivity index (χ2v) is 8.48. The number of halogens is 3. The number of thiophene rings is 2. The Labute approximate surface area is 124 Å². The summed E-state index contributed by atoms with van der Waals surface area (Å²) in [6.45, 7) is 2.10. The largest absolute Gasteiger partial charge is 0.143 e. The molecule has 1 atom stereocenters. The van der Waals surface area contributed by atoms with Gasteiger partial charge in [-0.05, 0) is 68.5 Å². The molecular formula is C10H7BrClIS2. The van der Waals surface area contributed by atoms with Crippen LogP contribution >= 0.6 is 72.8 Å². The molecule has 5 heteroatoms. The van der Waals surface area contributed by atoms with Crippen molar-refractivity contribution in [1.82, 2.24) is 0 Å². The fourth-order valence-corrected chi connectivity index (χ4v) is 4.59. The molecule has 0 bridgehead atoms. The average molecular weight is 434 g/mol. The molecule has 2 rings (SSSR count). The third kappa shape index (κ3) is 2.77. The van der Waals surface area contributed by atoms with Crippen LogP contribution in [0.15, 0.2) is 22.0 Å². The maximum atomic E-state index is 6.42. The van der Waals surface area contributed by atoms with Gasteiger partial charge in [-0.3, -0.25) is 0 Å². The van der Waals surface area contributed by atoms with E-state index in [2.05, 4.69) is 63.0 Å². The predicted molar refractivity (Wildman–Crippen MR) is 81.5 cm³/mol. The first-order valence-corrected chi connectivity index (χ1v) is 8.22. The quantitative estimate of drug-likeness (QED) is 0.414.